The van der Waals surface area contributed by atoms with Crippen LogP contribution in [0.15, 0.2) is 18.3 Å². The maximum atomic E-state index is 4.85. The van der Waals surface area contributed by atoms with E-state index in [4.69, 9.17) is 4.98 Å². The summed E-state index contributed by atoms with van der Waals surface area (Å²) in [6, 6.07) is 4.06. The molecule has 1 fully saturated rings. The highest BCUT2D eigenvalue weighted by Gasteiger charge is 2.19. The Morgan fingerprint density at radius 2 is 2.35 bits per heavy atom. The number of fused-ring (bicyclic) bond motifs is 1. The molecule has 3 nitrogen and oxygen atoms in total. The molecule has 3 heterocycles. The lowest BCUT2D eigenvalue weighted by Gasteiger charge is -2.21. The molecule has 1 saturated heterocycles. The first-order valence-electron chi connectivity index (χ1n) is 7.62. The molecule has 0 aliphatic carbocycles. The molecule has 1 unspecified atom stereocenters. The largest absolute Gasteiger partial charge is 0.312 e. The van der Waals surface area contributed by atoms with Crippen LogP contribution in [0, 0.1) is 11.8 Å². The number of aromatic nitrogens is 3. The van der Waals surface area contributed by atoms with Crippen molar-refractivity contribution in [3.05, 3.63) is 24.2 Å². The zero-order valence-corrected chi connectivity index (χ0v) is 13.2. The van der Waals surface area contributed by atoms with Crippen LogP contribution in [0.25, 0.3) is 11.2 Å². The predicted octanol–water partition coefficient (Wildman–Crippen LogP) is 3.77. The summed E-state index contributed by atoms with van der Waals surface area (Å²) in [6.45, 7) is 5.53. The van der Waals surface area contributed by atoms with E-state index in [2.05, 4.69) is 41.2 Å². The van der Waals surface area contributed by atoms with Crippen LogP contribution in [0.5, 0.6) is 0 Å². The number of imidazole rings is 1. The predicted molar refractivity (Wildman–Crippen MR) is 86.1 cm³/mol. The SMILES string of the molecule is CC(C)Cn1c(CC2CCCSC2)nc2cccnc21. The summed E-state index contributed by atoms with van der Waals surface area (Å²) in [5.41, 5.74) is 2.10. The minimum atomic E-state index is 0.619. The molecule has 20 heavy (non-hydrogen) atoms. The molecule has 108 valence electrons. The van der Waals surface area contributed by atoms with E-state index >= 15 is 0 Å². The van der Waals surface area contributed by atoms with Gasteiger partial charge in [-0.25, -0.2) is 9.97 Å². The van der Waals surface area contributed by atoms with Gasteiger partial charge in [-0.05, 0) is 48.3 Å². The summed E-state index contributed by atoms with van der Waals surface area (Å²) in [6.07, 6.45) is 5.69. The Bertz CT molecular complexity index is 570. The molecule has 0 bridgehead atoms. The number of nitrogens with zero attached hydrogens (tertiary/aromatic N) is 3. The van der Waals surface area contributed by atoms with Crippen molar-refractivity contribution in [3.63, 3.8) is 0 Å². The number of hydrogen-bond acceptors (Lipinski definition) is 3. The molecular weight excluding hydrogens is 266 g/mol. The fourth-order valence-electron chi connectivity index (χ4n) is 2.94. The highest BCUT2D eigenvalue weighted by Crippen LogP contribution is 2.27. The molecule has 2 aromatic heterocycles. The molecule has 0 spiro atoms. The lowest BCUT2D eigenvalue weighted by Crippen LogP contribution is -2.17. The monoisotopic (exact) mass is 289 g/mol. The Morgan fingerprint density at radius 3 is 3.10 bits per heavy atom. The van der Waals surface area contributed by atoms with E-state index in [1.807, 2.05) is 12.3 Å². The molecule has 0 N–H and O–H groups in total. The summed E-state index contributed by atoms with van der Waals surface area (Å²) in [7, 11) is 0. The van der Waals surface area contributed by atoms with E-state index in [-0.39, 0.29) is 0 Å². The molecule has 3 rings (SSSR count). The fraction of sp³-hybridized carbons (Fsp3) is 0.625. The summed E-state index contributed by atoms with van der Waals surface area (Å²) in [4.78, 5) is 9.39. The van der Waals surface area contributed by atoms with Gasteiger partial charge in [0.2, 0.25) is 0 Å². The Labute approximate surface area is 125 Å². The molecule has 0 aromatic carbocycles. The van der Waals surface area contributed by atoms with Crippen LogP contribution >= 0.6 is 11.8 Å². The van der Waals surface area contributed by atoms with Gasteiger partial charge in [-0.3, -0.25) is 0 Å². The van der Waals surface area contributed by atoms with Crippen molar-refractivity contribution in [2.75, 3.05) is 11.5 Å². The van der Waals surface area contributed by atoms with Crippen molar-refractivity contribution in [3.8, 4) is 0 Å². The highest BCUT2D eigenvalue weighted by atomic mass is 32.2. The van der Waals surface area contributed by atoms with E-state index in [1.54, 1.807) is 0 Å². The minimum Gasteiger partial charge on any atom is -0.312 e. The quantitative estimate of drug-likeness (QED) is 0.858. The van der Waals surface area contributed by atoms with Crippen molar-refractivity contribution in [2.24, 2.45) is 11.8 Å². The lowest BCUT2D eigenvalue weighted by molar-refractivity contribution is 0.468. The lowest BCUT2D eigenvalue weighted by atomic mass is 10.0. The average molecular weight is 289 g/mol. The van der Waals surface area contributed by atoms with Crippen LogP contribution in [0.2, 0.25) is 0 Å². The first-order chi connectivity index (χ1) is 9.74. The normalized spacial score (nSPS) is 19.9. The molecule has 1 atom stereocenters. The van der Waals surface area contributed by atoms with Crippen LogP contribution < -0.4 is 0 Å². The second-order valence-corrected chi connectivity index (χ2v) is 7.32. The molecule has 2 aromatic rings. The topological polar surface area (TPSA) is 30.7 Å². The Morgan fingerprint density at radius 1 is 1.45 bits per heavy atom. The number of rotatable bonds is 4. The summed E-state index contributed by atoms with van der Waals surface area (Å²) < 4.78 is 2.35. The summed E-state index contributed by atoms with van der Waals surface area (Å²) in [5.74, 6) is 5.27. The number of pyridine rings is 1. The zero-order valence-electron chi connectivity index (χ0n) is 12.4. The third-order valence-corrected chi connectivity index (χ3v) is 5.14. The summed E-state index contributed by atoms with van der Waals surface area (Å²) in [5, 5.41) is 0. The maximum Gasteiger partial charge on any atom is 0.159 e. The molecule has 0 amide bonds. The van der Waals surface area contributed by atoms with Gasteiger partial charge in [0.1, 0.15) is 11.3 Å². The highest BCUT2D eigenvalue weighted by molar-refractivity contribution is 7.99. The van der Waals surface area contributed by atoms with Gasteiger partial charge in [0.25, 0.3) is 0 Å². The second-order valence-electron chi connectivity index (χ2n) is 6.17. The van der Waals surface area contributed by atoms with Gasteiger partial charge in [0, 0.05) is 19.2 Å². The van der Waals surface area contributed by atoms with E-state index < -0.39 is 0 Å². The van der Waals surface area contributed by atoms with Gasteiger partial charge >= 0.3 is 0 Å². The molecular formula is C16H23N3S. The van der Waals surface area contributed by atoms with Crippen LogP contribution in [0.4, 0.5) is 0 Å². The zero-order chi connectivity index (χ0) is 13.9. The van der Waals surface area contributed by atoms with Gasteiger partial charge in [-0.15, -0.1) is 0 Å². The molecule has 1 aliphatic heterocycles. The first-order valence-corrected chi connectivity index (χ1v) is 8.77. The molecule has 4 heteroatoms. The second kappa shape index (κ2) is 6.17. The summed E-state index contributed by atoms with van der Waals surface area (Å²) >= 11 is 2.10. The van der Waals surface area contributed by atoms with Crippen LogP contribution in [0.1, 0.15) is 32.5 Å². The first kappa shape index (κ1) is 13.9. The Kier molecular flexibility index (Phi) is 4.29. The van der Waals surface area contributed by atoms with Gasteiger partial charge in [-0.1, -0.05) is 13.8 Å². The van der Waals surface area contributed by atoms with E-state index in [0.29, 0.717) is 5.92 Å². The number of thioether (sulfide) groups is 1. The average Bonchev–Trinajstić information content (AvgIpc) is 2.78. The van der Waals surface area contributed by atoms with Crippen LogP contribution in [-0.4, -0.2) is 26.0 Å². The van der Waals surface area contributed by atoms with E-state index in [0.717, 1.165) is 30.0 Å². The maximum absolute atomic E-state index is 4.85. The van der Waals surface area contributed by atoms with Gasteiger partial charge < -0.3 is 4.57 Å². The van der Waals surface area contributed by atoms with Gasteiger partial charge in [0.05, 0.1) is 0 Å². The number of hydrogen-bond donors (Lipinski definition) is 0. The van der Waals surface area contributed by atoms with E-state index in [9.17, 15) is 0 Å². The van der Waals surface area contributed by atoms with Crippen molar-refractivity contribution < 1.29 is 0 Å². The van der Waals surface area contributed by atoms with Crippen LogP contribution in [0.3, 0.4) is 0 Å². The van der Waals surface area contributed by atoms with Crippen molar-refractivity contribution in [1.82, 2.24) is 14.5 Å². The smallest absolute Gasteiger partial charge is 0.159 e. The van der Waals surface area contributed by atoms with Crippen LogP contribution in [-0.2, 0) is 13.0 Å². The molecule has 1 aliphatic rings. The third kappa shape index (κ3) is 3.00. The Hall–Kier alpha value is -1.03. The van der Waals surface area contributed by atoms with Gasteiger partial charge in [-0.2, -0.15) is 11.8 Å². The van der Waals surface area contributed by atoms with Crippen molar-refractivity contribution >= 4 is 22.9 Å². The van der Waals surface area contributed by atoms with Crippen molar-refractivity contribution in [1.29, 1.82) is 0 Å². The fourth-order valence-corrected chi connectivity index (χ4v) is 4.10. The Balaban J connectivity index is 1.91. The van der Waals surface area contributed by atoms with Gasteiger partial charge in [0.15, 0.2) is 5.65 Å². The standard InChI is InChI=1S/C16H23N3S/c1-12(2)10-19-15(9-13-5-4-8-20-11-13)18-14-6-3-7-17-16(14)19/h3,6-7,12-13H,4-5,8-11H2,1-2H3. The van der Waals surface area contributed by atoms with E-state index in [1.165, 1.54) is 30.2 Å². The molecule has 0 saturated carbocycles. The van der Waals surface area contributed by atoms with Crippen molar-refractivity contribution in [2.45, 2.75) is 39.7 Å². The third-order valence-electron chi connectivity index (χ3n) is 3.86. The minimum absolute atomic E-state index is 0.619. The molecule has 0 radical (unpaired) electrons.